The van der Waals surface area contributed by atoms with E-state index in [0.29, 0.717) is 6.54 Å². The third-order valence-corrected chi connectivity index (χ3v) is 5.69. The lowest BCUT2D eigenvalue weighted by Gasteiger charge is -2.36. The lowest BCUT2D eigenvalue weighted by molar-refractivity contribution is -0.126. The molecule has 1 aliphatic rings. The maximum Gasteiger partial charge on any atom is 0.172 e. The predicted molar refractivity (Wildman–Crippen MR) is 109 cm³/mol. The molecule has 0 radical (unpaired) electrons. The average molecular weight is 368 g/mol. The Labute approximate surface area is 163 Å². The number of carbonyl (C=O) groups excluding carboxylic acids is 1. The van der Waals surface area contributed by atoms with Crippen LogP contribution < -0.4 is 0 Å². The summed E-state index contributed by atoms with van der Waals surface area (Å²) in [5, 5.41) is 13.1. The summed E-state index contributed by atoms with van der Waals surface area (Å²) in [6, 6.07) is 25.0. The van der Waals surface area contributed by atoms with Crippen molar-refractivity contribution < 1.29 is 9.90 Å². The van der Waals surface area contributed by atoms with Gasteiger partial charge < -0.3 is 14.9 Å². The first-order chi connectivity index (χ1) is 13.7. The molecule has 0 bridgehead atoms. The summed E-state index contributed by atoms with van der Waals surface area (Å²) in [7, 11) is 0. The molecule has 4 heteroatoms. The average Bonchev–Trinajstić information content (AvgIpc) is 3.30. The van der Waals surface area contributed by atoms with Crippen molar-refractivity contribution >= 4 is 17.2 Å². The van der Waals surface area contributed by atoms with Crippen molar-refractivity contribution in [2.45, 2.75) is 18.3 Å². The van der Waals surface area contributed by atoms with Crippen LogP contribution >= 0.6 is 0 Å². The molecule has 0 aliphatic carbocycles. The summed E-state index contributed by atoms with van der Waals surface area (Å²) in [6.07, 6.45) is 2.81. The number of hydrogen-bond acceptors (Lipinski definition) is 3. The zero-order valence-corrected chi connectivity index (χ0v) is 15.2. The molecule has 138 valence electrons. The number of aliphatic hydroxyl groups is 1. The first-order valence-electron chi connectivity index (χ1n) is 9.37. The number of aromatic amines is 1. The fourth-order valence-electron chi connectivity index (χ4n) is 4.33. The van der Waals surface area contributed by atoms with Crippen molar-refractivity contribution in [3.05, 3.63) is 107 Å². The molecule has 0 saturated heterocycles. The van der Waals surface area contributed by atoms with Crippen molar-refractivity contribution in [2.75, 3.05) is 0 Å². The Balaban J connectivity index is 1.71. The Hall–Kier alpha value is -3.21. The van der Waals surface area contributed by atoms with Crippen molar-refractivity contribution in [3.8, 4) is 0 Å². The van der Waals surface area contributed by atoms with Gasteiger partial charge in [-0.3, -0.25) is 0 Å². The molecule has 5 rings (SSSR count). The molecule has 2 unspecified atom stereocenters. The highest BCUT2D eigenvalue weighted by atomic mass is 16.3. The molecular weight excluding hydrogens is 348 g/mol. The van der Waals surface area contributed by atoms with Crippen molar-refractivity contribution in [3.63, 3.8) is 0 Å². The van der Waals surface area contributed by atoms with Crippen LogP contribution in [0.2, 0.25) is 0 Å². The van der Waals surface area contributed by atoms with Crippen LogP contribution in [-0.2, 0) is 17.1 Å². The maximum atomic E-state index is 12.1. The standard InChI is InChI=1S/C24H20N2O2/c27-16-23-20-8-4-5-9-21(20)24(28,26(23)15-17-6-2-1-3-7-17)19-10-11-22-18(14-19)12-13-25-22/h1-14,16,23,25,28H,15H2. The molecule has 2 heterocycles. The quantitative estimate of drug-likeness (QED) is 0.533. The van der Waals surface area contributed by atoms with Gasteiger partial charge in [0.05, 0.1) is 6.04 Å². The van der Waals surface area contributed by atoms with Crippen molar-refractivity contribution in [2.24, 2.45) is 0 Å². The van der Waals surface area contributed by atoms with E-state index in [9.17, 15) is 9.90 Å². The van der Waals surface area contributed by atoms with Gasteiger partial charge in [0, 0.05) is 29.4 Å². The van der Waals surface area contributed by atoms with E-state index >= 15 is 0 Å². The first kappa shape index (κ1) is 16.9. The number of hydrogen-bond donors (Lipinski definition) is 2. The number of nitrogens with one attached hydrogen (secondary N) is 1. The second kappa shape index (κ2) is 6.44. The highest BCUT2D eigenvalue weighted by Gasteiger charge is 2.50. The minimum Gasteiger partial charge on any atom is -0.367 e. The van der Waals surface area contributed by atoms with Gasteiger partial charge >= 0.3 is 0 Å². The van der Waals surface area contributed by atoms with E-state index in [1.165, 1.54) is 0 Å². The molecule has 0 amide bonds. The van der Waals surface area contributed by atoms with Crippen LogP contribution in [-0.4, -0.2) is 21.3 Å². The summed E-state index contributed by atoms with van der Waals surface area (Å²) in [5.41, 5.74) is 3.04. The van der Waals surface area contributed by atoms with E-state index in [4.69, 9.17) is 0 Å². The topological polar surface area (TPSA) is 56.3 Å². The minimum absolute atomic E-state index is 0.459. The first-order valence-corrected chi connectivity index (χ1v) is 9.37. The van der Waals surface area contributed by atoms with E-state index in [1.54, 1.807) is 0 Å². The lowest BCUT2D eigenvalue weighted by atomic mass is 9.92. The monoisotopic (exact) mass is 368 g/mol. The van der Waals surface area contributed by atoms with Crippen LogP contribution in [0.15, 0.2) is 85.1 Å². The SMILES string of the molecule is O=CC1c2ccccc2C(O)(c2ccc3[nH]ccc3c2)N1Cc1ccccc1. The molecule has 28 heavy (non-hydrogen) atoms. The molecule has 4 nitrogen and oxygen atoms in total. The van der Waals surface area contributed by atoms with Crippen LogP contribution in [0.3, 0.4) is 0 Å². The summed E-state index contributed by atoms with van der Waals surface area (Å²) < 4.78 is 0. The summed E-state index contributed by atoms with van der Waals surface area (Å²) in [6.45, 7) is 0.459. The molecule has 0 spiro atoms. The molecule has 4 aromatic rings. The molecule has 2 atom stereocenters. The maximum absolute atomic E-state index is 12.1. The van der Waals surface area contributed by atoms with E-state index < -0.39 is 11.8 Å². The van der Waals surface area contributed by atoms with Crippen molar-refractivity contribution in [1.82, 2.24) is 9.88 Å². The zero-order chi connectivity index (χ0) is 19.1. The van der Waals surface area contributed by atoms with Gasteiger partial charge in [-0.1, -0.05) is 60.7 Å². The number of fused-ring (bicyclic) bond motifs is 2. The van der Waals surface area contributed by atoms with Crippen LogP contribution in [0.25, 0.3) is 10.9 Å². The number of benzene rings is 3. The van der Waals surface area contributed by atoms with E-state index in [-0.39, 0.29) is 0 Å². The number of aromatic nitrogens is 1. The Kier molecular flexibility index (Phi) is 3.90. The van der Waals surface area contributed by atoms with Gasteiger partial charge in [-0.05, 0) is 34.7 Å². The lowest BCUT2D eigenvalue weighted by Crippen LogP contribution is -2.43. The summed E-state index contributed by atoms with van der Waals surface area (Å²) >= 11 is 0. The Morgan fingerprint density at radius 3 is 2.61 bits per heavy atom. The van der Waals surface area contributed by atoms with Gasteiger partial charge in [-0.2, -0.15) is 0 Å². The smallest absolute Gasteiger partial charge is 0.172 e. The third-order valence-electron chi connectivity index (χ3n) is 5.69. The summed E-state index contributed by atoms with van der Waals surface area (Å²) in [4.78, 5) is 17.2. The molecular formula is C24H20N2O2. The highest BCUT2D eigenvalue weighted by Crippen LogP contribution is 2.48. The zero-order valence-electron chi connectivity index (χ0n) is 15.2. The van der Waals surface area contributed by atoms with Gasteiger partial charge in [-0.15, -0.1) is 0 Å². The highest BCUT2D eigenvalue weighted by molar-refractivity contribution is 5.80. The molecule has 1 aromatic heterocycles. The number of rotatable bonds is 4. The van der Waals surface area contributed by atoms with Gasteiger partial charge in [0.1, 0.15) is 6.29 Å². The largest absolute Gasteiger partial charge is 0.367 e. The molecule has 1 aliphatic heterocycles. The van der Waals surface area contributed by atoms with Gasteiger partial charge in [0.25, 0.3) is 0 Å². The Morgan fingerprint density at radius 1 is 1.00 bits per heavy atom. The number of nitrogens with zero attached hydrogens (tertiary/aromatic N) is 1. The molecule has 3 aromatic carbocycles. The number of carbonyl (C=O) groups is 1. The fraction of sp³-hybridized carbons (Fsp3) is 0.125. The second-order valence-corrected chi connectivity index (χ2v) is 7.23. The fourth-order valence-corrected chi connectivity index (χ4v) is 4.33. The van der Waals surface area contributed by atoms with Crippen LogP contribution in [0.1, 0.15) is 28.3 Å². The molecule has 2 N–H and O–H groups in total. The van der Waals surface area contributed by atoms with Gasteiger partial charge in [0.2, 0.25) is 0 Å². The van der Waals surface area contributed by atoms with E-state index in [1.807, 2.05) is 90.0 Å². The third kappa shape index (κ3) is 2.43. The van der Waals surface area contributed by atoms with Crippen LogP contribution in [0.5, 0.6) is 0 Å². The Bertz CT molecular complexity index is 1150. The summed E-state index contributed by atoms with van der Waals surface area (Å²) in [5.74, 6) is 0. The predicted octanol–water partition coefficient (Wildman–Crippen LogP) is 4.12. The van der Waals surface area contributed by atoms with E-state index in [2.05, 4.69) is 4.98 Å². The number of aldehydes is 1. The van der Waals surface area contributed by atoms with Gasteiger partial charge in [-0.25, -0.2) is 4.90 Å². The normalized spacial score (nSPS) is 21.7. The second-order valence-electron chi connectivity index (χ2n) is 7.23. The van der Waals surface area contributed by atoms with Gasteiger partial charge in [0.15, 0.2) is 5.72 Å². The van der Waals surface area contributed by atoms with Crippen LogP contribution in [0, 0.1) is 0 Å². The van der Waals surface area contributed by atoms with Crippen molar-refractivity contribution in [1.29, 1.82) is 0 Å². The van der Waals surface area contributed by atoms with E-state index in [0.717, 1.165) is 39.4 Å². The number of H-pyrrole nitrogens is 1. The minimum atomic E-state index is -1.39. The molecule has 0 fully saturated rings. The Morgan fingerprint density at radius 2 is 1.79 bits per heavy atom. The molecule has 0 saturated carbocycles. The van der Waals surface area contributed by atoms with Crippen LogP contribution in [0.4, 0.5) is 0 Å².